The molecule has 1 saturated heterocycles. The number of benzene rings is 1. The summed E-state index contributed by atoms with van der Waals surface area (Å²) in [5.74, 6) is -1.48. The normalized spacial score (nSPS) is 21.3. The lowest BCUT2D eigenvalue weighted by molar-refractivity contribution is 0.0694. The highest BCUT2D eigenvalue weighted by molar-refractivity contribution is 5.95. The zero-order valence-corrected chi connectivity index (χ0v) is 15.2. The summed E-state index contributed by atoms with van der Waals surface area (Å²) in [7, 11) is 0. The summed E-state index contributed by atoms with van der Waals surface area (Å²) in [4.78, 5) is 26.3. The first-order chi connectivity index (χ1) is 13.5. The van der Waals surface area contributed by atoms with Crippen molar-refractivity contribution in [3.8, 4) is 5.75 Å². The number of nitrogens with zero attached hydrogens (tertiary/aromatic N) is 2. The van der Waals surface area contributed by atoms with E-state index in [2.05, 4.69) is 16.3 Å². The van der Waals surface area contributed by atoms with Gasteiger partial charge in [-0.25, -0.2) is 9.18 Å². The first-order valence-electron chi connectivity index (χ1n) is 9.42. The van der Waals surface area contributed by atoms with Gasteiger partial charge in [-0.1, -0.05) is 11.6 Å². The summed E-state index contributed by atoms with van der Waals surface area (Å²) < 4.78 is 22.5. The molecule has 7 nitrogen and oxygen atoms in total. The van der Waals surface area contributed by atoms with Crippen LogP contribution in [0, 0.1) is 5.82 Å². The first-order valence-corrected chi connectivity index (χ1v) is 9.42. The molecule has 1 fully saturated rings. The number of fused-ring (bicyclic) bond motifs is 1. The number of pyridine rings is 1. The van der Waals surface area contributed by atoms with Crippen LogP contribution in [0.2, 0.25) is 0 Å². The molecule has 1 unspecified atom stereocenters. The van der Waals surface area contributed by atoms with E-state index in [1.165, 1.54) is 12.3 Å². The Bertz CT molecular complexity index is 1090. The van der Waals surface area contributed by atoms with Crippen molar-refractivity contribution in [3.05, 3.63) is 51.1 Å². The Balaban J connectivity index is 1.62. The van der Waals surface area contributed by atoms with E-state index in [1.807, 2.05) is 0 Å². The van der Waals surface area contributed by atoms with Crippen molar-refractivity contribution in [3.63, 3.8) is 0 Å². The Morgan fingerprint density at radius 2 is 2.25 bits per heavy atom. The van der Waals surface area contributed by atoms with E-state index >= 15 is 4.39 Å². The number of ether oxygens (including phenoxy) is 1. The Hall–Kier alpha value is -2.71. The second-order valence-corrected chi connectivity index (χ2v) is 7.52. The average molecular weight is 385 g/mol. The molecule has 3 aliphatic heterocycles. The molecule has 1 aromatic heterocycles. The van der Waals surface area contributed by atoms with E-state index in [0.29, 0.717) is 42.4 Å². The van der Waals surface area contributed by atoms with Crippen LogP contribution >= 0.6 is 0 Å². The molecule has 0 spiro atoms. The van der Waals surface area contributed by atoms with Gasteiger partial charge in [0.15, 0.2) is 0 Å². The molecule has 3 aliphatic rings. The van der Waals surface area contributed by atoms with Crippen LogP contribution in [0.3, 0.4) is 0 Å². The molecule has 0 bridgehead atoms. The molecule has 0 radical (unpaired) electrons. The molecule has 8 heteroatoms. The van der Waals surface area contributed by atoms with Gasteiger partial charge in [0, 0.05) is 50.4 Å². The van der Waals surface area contributed by atoms with E-state index in [0.717, 1.165) is 31.8 Å². The van der Waals surface area contributed by atoms with Gasteiger partial charge < -0.3 is 19.7 Å². The number of halogens is 1. The number of hydrogen-bond donors (Lipinski definition) is 2. The fourth-order valence-corrected chi connectivity index (χ4v) is 4.49. The van der Waals surface area contributed by atoms with Crippen LogP contribution in [0.25, 0.3) is 10.9 Å². The molecule has 0 amide bonds. The van der Waals surface area contributed by atoms with Gasteiger partial charge in [-0.15, -0.1) is 0 Å². The van der Waals surface area contributed by atoms with Crippen LogP contribution in [0.15, 0.2) is 28.7 Å². The molecule has 2 N–H and O–H groups in total. The fourth-order valence-electron chi connectivity index (χ4n) is 4.49. The molecular weight excluding hydrogens is 365 g/mol. The van der Waals surface area contributed by atoms with E-state index in [9.17, 15) is 14.7 Å². The minimum absolute atomic E-state index is 0.0536. The largest absolute Gasteiger partial charge is 0.489 e. The Labute approximate surface area is 160 Å². The van der Waals surface area contributed by atoms with Crippen LogP contribution in [-0.4, -0.2) is 59.4 Å². The predicted octanol–water partition coefficient (Wildman–Crippen LogP) is 0.987. The third-order valence-corrected chi connectivity index (χ3v) is 5.81. The Morgan fingerprint density at radius 3 is 3.04 bits per heavy atom. The fraction of sp³-hybridized carbons (Fsp3) is 0.400. The standard InChI is InChI=1S/C20H20FN3O4/c21-16-7-14-17-19(28-4-3-24(17)10-15(18(14)25)20(26)27)13(16)6-11-5-12-8-22-1-2-23(12)9-11/h5,7,10,12,22H,1-4,6,8-9H2,(H,26,27). The average Bonchev–Trinajstić information content (AvgIpc) is 3.09. The van der Waals surface area contributed by atoms with E-state index in [1.54, 1.807) is 4.57 Å². The maximum Gasteiger partial charge on any atom is 0.341 e. The summed E-state index contributed by atoms with van der Waals surface area (Å²) in [6.45, 7) is 4.33. The highest BCUT2D eigenvalue weighted by Gasteiger charge is 2.30. The summed E-state index contributed by atoms with van der Waals surface area (Å²) >= 11 is 0. The van der Waals surface area contributed by atoms with Gasteiger partial charge in [0.25, 0.3) is 0 Å². The topological polar surface area (TPSA) is 83.8 Å². The van der Waals surface area contributed by atoms with Gasteiger partial charge in [-0.05, 0) is 6.07 Å². The molecule has 4 heterocycles. The van der Waals surface area contributed by atoms with Gasteiger partial charge in [0.1, 0.15) is 23.7 Å². The van der Waals surface area contributed by atoms with Crippen molar-refractivity contribution < 1.29 is 19.0 Å². The molecule has 0 aliphatic carbocycles. The molecule has 5 rings (SSSR count). The monoisotopic (exact) mass is 385 g/mol. The third kappa shape index (κ3) is 2.63. The number of aromatic carboxylic acids is 1. The number of piperazine rings is 1. The number of rotatable bonds is 3. The Morgan fingerprint density at radius 1 is 1.39 bits per heavy atom. The lowest BCUT2D eigenvalue weighted by atomic mass is 9.99. The molecule has 1 aromatic carbocycles. The van der Waals surface area contributed by atoms with Crippen molar-refractivity contribution in [1.82, 2.24) is 14.8 Å². The molecular formula is C20H20FN3O4. The summed E-state index contributed by atoms with van der Waals surface area (Å²) in [5.41, 5.74) is 1.01. The quantitative estimate of drug-likeness (QED) is 0.767. The predicted molar refractivity (Wildman–Crippen MR) is 101 cm³/mol. The second-order valence-electron chi connectivity index (χ2n) is 7.52. The SMILES string of the molecule is O=C(O)c1cn2c3c(c(CC4=CC5CNCCN5C4)c(F)cc3c1=O)OCC2. The maximum atomic E-state index is 15.0. The summed E-state index contributed by atoms with van der Waals surface area (Å²) in [6, 6.07) is 1.50. The van der Waals surface area contributed by atoms with Gasteiger partial charge in [0.2, 0.25) is 5.43 Å². The minimum Gasteiger partial charge on any atom is -0.489 e. The number of carboxylic acid groups (broad SMARTS) is 1. The number of nitrogens with one attached hydrogen (secondary N) is 1. The van der Waals surface area contributed by atoms with Crippen LogP contribution in [0.4, 0.5) is 4.39 Å². The number of carbonyl (C=O) groups is 1. The molecule has 0 saturated carbocycles. The highest BCUT2D eigenvalue weighted by atomic mass is 19.1. The molecule has 28 heavy (non-hydrogen) atoms. The highest BCUT2D eigenvalue weighted by Crippen LogP contribution is 2.36. The molecule has 146 valence electrons. The maximum absolute atomic E-state index is 15.0. The number of hydrogen-bond acceptors (Lipinski definition) is 5. The Kier molecular flexibility index (Phi) is 3.99. The smallest absolute Gasteiger partial charge is 0.341 e. The lowest BCUT2D eigenvalue weighted by Gasteiger charge is -2.29. The zero-order chi connectivity index (χ0) is 19.4. The van der Waals surface area contributed by atoms with Crippen molar-refractivity contribution in [2.45, 2.75) is 19.0 Å². The van der Waals surface area contributed by atoms with Gasteiger partial charge in [-0.3, -0.25) is 9.69 Å². The molecule has 1 atom stereocenters. The third-order valence-electron chi connectivity index (χ3n) is 5.81. The van der Waals surface area contributed by atoms with Crippen molar-refractivity contribution in [1.29, 1.82) is 0 Å². The number of carboxylic acids is 1. The second kappa shape index (κ2) is 6.42. The van der Waals surface area contributed by atoms with Crippen LogP contribution in [-0.2, 0) is 13.0 Å². The summed E-state index contributed by atoms with van der Waals surface area (Å²) in [5, 5.41) is 12.7. The van der Waals surface area contributed by atoms with Crippen LogP contribution in [0.1, 0.15) is 15.9 Å². The van der Waals surface area contributed by atoms with E-state index in [4.69, 9.17) is 4.74 Å². The van der Waals surface area contributed by atoms with E-state index in [-0.39, 0.29) is 10.9 Å². The van der Waals surface area contributed by atoms with Crippen molar-refractivity contribution in [2.24, 2.45) is 0 Å². The van der Waals surface area contributed by atoms with Gasteiger partial charge in [-0.2, -0.15) is 0 Å². The van der Waals surface area contributed by atoms with Crippen LogP contribution < -0.4 is 15.5 Å². The van der Waals surface area contributed by atoms with Crippen molar-refractivity contribution >= 4 is 16.9 Å². The number of aromatic nitrogens is 1. The van der Waals surface area contributed by atoms with E-state index < -0.39 is 17.2 Å². The van der Waals surface area contributed by atoms with Crippen molar-refractivity contribution in [2.75, 3.05) is 32.8 Å². The first kappa shape index (κ1) is 17.4. The minimum atomic E-state index is -1.31. The summed E-state index contributed by atoms with van der Waals surface area (Å²) in [6.07, 6.45) is 3.94. The lowest BCUT2D eigenvalue weighted by Crippen LogP contribution is -2.47. The molecule has 2 aromatic rings. The van der Waals surface area contributed by atoms with Crippen LogP contribution in [0.5, 0.6) is 5.75 Å². The van der Waals surface area contributed by atoms with Gasteiger partial charge >= 0.3 is 5.97 Å². The van der Waals surface area contributed by atoms with Gasteiger partial charge in [0.05, 0.1) is 17.4 Å². The zero-order valence-electron chi connectivity index (χ0n) is 15.2.